The Balaban J connectivity index is 1.66. The van der Waals surface area contributed by atoms with Gasteiger partial charge in [-0.2, -0.15) is 0 Å². The number of halogens is 1. The first kappa shape index (κ1) is 17.5. The first-order chi connectivity index (χ1) is 13.1. The Hall–Kier alpha value is -2.86. The van der Waals surface area contributed by atoms with E-state index < -0.39 is 0 Å². The number of aromatic nitrogens is 3. The van der Waals surface area contributed by atoms with Crippen LogP contribution >= 0.6 is 11.6 Å². The van der Waals surface area contributed by atoms with Gasteiger partial charge in [-0.15, -0.1) is 10.2 Å². The van der Waals surface area contributed by atoms with Crippen molar-refractivity contribution in [3.8, 4) is 11.4 Å². The minimum atomic E-state index is -0.263. The molecule has 1 aromatic heterocycles. The predicted octanol–water partition coefficient (Wildman–Crippen LogP) is 4.16. The third kappa shape index (κ3) is 3.53. The minimum absolute atomic E-state index is 0.263. The number of hydrogen-bond donors (Lipinski definition) is 2. The first-order valence-corrected chi connectivity index (χ1v) is 9.39. The molecule has 0 spiro atoms. The van der Waals surface area contributed by atoms with Gasteiger partial charge in [0.05, 0.1) is 10.6 Å². The van der Waals surface area contributed by atoms with E-state index in [4.69, 9.17) is 17.3 Å². The lowest BCUT2D eigenvalue weighted by molar-refractivity contribution is 0.102. The molecule has 6 nitrogen and oxygen atoms in total. The highest BCUT2D eigenvalue weighted by atomic mass is 35.5. The van der Waals surface area contributed by atoms with Gasteiger partial charge in [0.1, 0.15) is 5.82 Å². The van der Waals surface area contributed by atoms with E-state index in [2.05, 4.69) is 20.1 Å². The first-order valence-electron chi connectivity index (χ1n) is 9.01. The van der Waals surface area contributed by atoms with E-state index in [1.807, 2.05) is 6.07 Å². The van der Waals surface area contributed by atoms with Crippen LogP contribution in [0.3, 0.4) is 0 Å². The Morgan fingerprint density at radius 2 is 1.96 bits per heavy atom. The number of anilines is 2. The molecule has 27 heavy (non-hydrogen) atoms. The number of benzene rings is 2. The van der Waals surface area contributed by atoms with Crippen molar-refractivity contribution in [3.05, 3.63) is 58.9 Å². The fourth-order valence-corrected chi connectivity index (χ4v) is 3.56. The number of nitrogens with one attached hydrogen (secondary N) is 1. The second-order valence-electron chi connectivity index (χ2n) is 6.64. The number of aryl methyl sites for hydroxylation is 1. The lowest BCUT2D eigenvalue weighted by atomic mass is 10.1. The maximum absolute atomic E-state index is 12.5. The summed E-state index contributed by atoms with van der Waals surface area (Å²) in [5.41, 5.74) is 8.16. The summed E-state index contributed by atoms with van der Waals surface area (Å²) < 4.78 is 2.13. The molecule has 0 atom stereocenters. The van der Waals surface area contributed by atoms with E-state index in [9.17, 15) is 4.79 Å². The van der Waals surface area contributed by atoms with E-state index in [0.717, 1.165) is 43.0 Å². The van der Waals surface area contributed by atoms with E-state index in [-0.39, 0.29) is 5.91 Å². The number of fused-ring (bicyclic) bond motifs is 1. The summed E-state index contributed by atoms with van der Waals surface area (Å²) in [6.07, 6.45) is 4.33. The molecule has 1 amide bonds. The number of rotatable bonds is 3. The van der Waals surface area contributed by atoms with E-state index in [1.54, 1.807) is 36.4 Å². The third-order valence-corrected chi connectivity index (χ3v) is 5.11. The topological polar surface area (TPSA) is 85.8 Å². The van der Waals surface area contributed by atoms with Crippen LogP contribution in [0.15, 0.2) is 42.5 Å². The van der Waals surface area contributed by atoms with Crippen molar-refractivity contribution < 1.29 is 4.79 Å². The summed E-state index contributed by atoms with van der Waals surface area (Å²) in [5, 5.41) is 12.2. The Morgan fingerprint density at radius 3 is 2.81 bits per heavy atom. The van der Waals surface area contributed by atoms with Crippen molar-refractivity contribution in [3.63, 3.8) is 0 Å². The van der Waals surface area contributed by atoms with Crippen LogP contribution < -0.4 is 11.1 Å². The van der Waals surface area contributed by atoms with E-state index in [1.165, 1.54) is 6.42 Å². The maximum Gasteiger partial charge on any atom is 0.257 e. The molecule has 0 bridgehead atoms. The van der Waals surface area contributed by atoms with Crippen molar-refractivity contribution in [1.29, 1.82) is 0 Å². The minimum Gasteiger partial charge on any atom is -0.398 e. The molecule has 1 aliphatic heterocycles. The molecular formula is C20H20ClN5O. The van der Waals surface area contributed by atoms with Gasteiger partial charge in [-0.25, -0.2) is 0 Å². The number of nitrogens with zero attached hydrogens (tertiary/aromatic N) is 3. The summed E-state index contributed by atoms with van der Waals surface area (Å²) in [6.45, 7) is 0.880. The summed E-state index contributed by atoms with van der Waals surface area (Å²) in [4.78, 5) is 12.5. The maximum atomic E-state index is 12.5. The number of amides is 1. The standard InChI is InChI=1S/C20H20ClN5O/c21-16-10-9-13(23-20(27)14-6-3-4-7-17(14)22)12-15(16)19-25-24-18-8-2-1-5-11-26(18)19/h3-4,6-7,9-10,12H,1-2,5,8,11,22H2,(H,23,27). The van der Waals surface area contributed by atoms with Gasteiger partial charge in [0.25, 0.3) is 5.91 Å². The van der Waals surface area contributed by atoms with Crippen LogP contribution in [0.1, 0.15) is 35.4 Å². The zero-order chi connectivity index (χ0) is 18.8. The summed E-state index contributed by atoms with van der Waals surface area (Å²) >= 11 is 6.44. The number of nitrogen functional groups attached to an aromatic ring is 1. The second-order valence-corrected chi connectivity index (χ2v) is 7.05. The molecule has 138 valence electrons. The molecule has 2 aromatic carbocycles. The Labute approximate surface area is 162 Å². The molecule has 1 aliphatic rings. The molecular weight excluding hydrogens is 362 g/mol. The molecule has 0 radical (unpaired) electrons. The Morgan fingerprint density at radius 1 is 1.11 bits per heavy atom. The molecule has 3 aromatic rings. The third-order valence-electron chi connectivity index (χ3n) is 4.78. The van der Waals surface area contributed by atoms with Crippen molar-refractivity contribution in [2.24, 2.45) is 0 Å². The molecule has 7 heteroatoms. The van der Waals surface area contributed by atoms with Crippen molar-refractivity contribution in [1.82, 2.24) is 14.8 Å². The van der Waals surface area contributed by atoms with Gasteiger partial charge < -0.3 is 15.6 Å². The van der Waals surface area contributed by atoms with Gasteiger partial charge in [-0.1, -0.05) is 30.2 Å². The molecule has 0 fully saturated rings. The lowest BCUT2D eigenvalue weighted by Crippen LogP contribution is -2.14. The summed E-state index contributed by atoms with van der Waals surface area (Å²) in [5.74, 6) is 1.47. The molecule has 3 N–H and O–H groups in total. The van der Waals surface area contributed by atoms with Gasteiger partial charge in [0.15, 0.2) is 5.82 Å². The molecule has 4 rings (SSSR count). The van der Waals surface area contributed by atoms with Crippen molar-refractivity contribution in [2.75, 3.05) is 11.1 Å². The van der Waals surface area contributed by atoms with Crippen LogP contribution in [0, 0.1) is 0 Å². The highest BCUT2D eigenvalue weighted by Crippen LogP contribution is 2.31. The average molecular weight is 382 g/mol. The number of para-hydroxylation sites is 1. The quantitative estimate of drug-likeness (QED) is 0.667. The van der Waals surface area contributed by atoms with Gasteiger partial charge in [-0.05, 0) is 43.2 Å². The number of nitrogens with two attached hydrogens (primary N) is 1. The highest BCUT2D eigenvalue weighted by Gasteiger charge is 2.19. The van der Waals surface area contributed by atoms with E-state index >= 15 is 0 Å². The van der Waals surface area contributed by atoms with Crippen LogP contribution in [0.2, 0.25) is 5.02 Å². The van der Waals surface area contributed by atoms with E-state index in [0.29, 0.717) is 22.0 Å². The zero-order valence-electron chi connectivity index (χ0n) is 14.8. The zero-order valence-corrected chi connectivity index (χ0v) is 15.5. The largest absolute Gasteiger partial charge is 0.398 e. The van der Waals surface area contributed by atoms with Crippen LogP contribution in [-0.2, 0) is 13.0 Å². The van der Waals surface area contributed by atoms with Crippen molar-refractivity contribution >= 4 is 28.9 Å². The molecule has 0 saturated heterocycles. The molecule has 0 aliphatic carbocycles. The normalized spacial score (nSPS) is 13.7. The van der Waals surface area contributed by atoms with Gasteiger partial charge >= 0.3 is 0 Å². The smallest absolute Gasteiger partial charge is 0.257 e. The summed E-state index contributed by atoms with van der Waals surface area (Å²) in [7, 11) is 0. The number of hydrogen-bond acceptors (Lipinski definition) is 4. The fourth-order valence-electron chi connectivity index (χ4n) is 3.36. The SMILES string of the molecule is Nc1ccccc1C(=O)Nc1ccc(Cl)c(-c2nnc3n2CCCCC3)c1. The molecule has 0 unspecified atom stereocenters. The average Bonchev–Trinajstić information content (AvgIpc) is 2.91. The second kappa shape index (κ2) is 7.40. The lowest BCUT2D eigenvalue weighted by Gasteiger charge is -2.11. The number of carbonyl (C=O) groups excluding carboxylic acids is 1. The fraction of sp³-hybridized carbons (Fsp3) is 0.250. The predicted molar refractivity (Wildman–Crippen MR) is 107 cm³/mol. The van der Waals surface area contributed by atoms with Gasteiger partial charge in [-0.3, -0.25) is 4.79 Å². The van der Waals surface area contributed by atoms with Crippen molar-refractivity contribution in [2.45, 2.75) is 32.2 Å². The molecule has 2 heterocycles. The highest BCUT2D eigenvalue weighted by molar-refractivity contribution is 6.33. The van der Waals surface area contributed by atoms with Gasteiger partial charge in [0, 0.05) is 29.9 Å². The van der Waals surface area contributed by atoms with Crippen LogP contribution in [0.25, 0.3) is 11.4 Å². The van der Waals surface area contributed by atoms with Gasteiger partial charge in [0.2, 0.25) is 0 Å². The Kier molecular flexibility index (Phi) is 4.81. The van der Waals surface area contributed by atoms with Crippen LogP contribution in [-0.4, -0.2) is 20.7 Å². The van der Waals surface area contributed by atoms with Crippen LogP contribution in [0.4, 0.5) is 11.4 Å². The monoisotopic (exact) mass is 381 g/mol. The van der Waals surface area contributed by atoms with Crippen LogP contribution in [0.5, 0.6) is 0 Å². The molecule has 0 saturated carbocycles. The number of carbonyl (C=O) groups is 1. The summed E-state index contributed by atoms with van der Waals surface area (Å²) in [6, 6.07) is 12.3. The Bertz CT molecular complexity index is 998.